The van der Waals surface area contributed by atoms with Crippen molar-refractivity contribution in [1.29, 1.82) is 0 Å². The molecule has 132 valence electrons. The highest BCUT2D eigenvalue weighted by Crippen LogP contribution is 2.28. The maximum Gasteiger partial charge on any atom is 0.264 e. The van der Waals surface area contributed by atoms with E-state index in [2.05, 4.69) is 15.9 Å². The van der Waals surface area contributed by atoms with Crippen LogP contribution in [-0.2, 0) is 14.8 Å². The summed E-state index contributed by atoms with van der Waals surface area (Å²) in [5.74, 6) is 0.0815. The fraction of sp³-hybridized carbons (Fsp3) is 0.278. The Morgan fingerprint density at radius 3 is 2.36 bits per heavy atom. The standard InChI is InChI=1S/C18H19BrN2O3S/c1-13-12-15(7-10-17(13)19)20(2)25(23,24)16-8-5-14(6-9-16)21-11-3-4-18(21)22/h5-10,12H,3-4,11H2,1-2H3. The largest absolute Gasteiger partial charge is 0.312 e. The van der Waals surface area contributed by atoms with E-state index in [0.717, 1.165) is 22.1 Å². The highest BCUT2D eigenvalue weighted by molar-refractivity contribution is 9.10. The van der Waals surface area contributed by atoms with Gasteiger partial charge in [0.15, 0.2) is 0 Å². The second-order valence-corrected chi connectivity index (χ2v) is 8.87. The molecule has 3 rings (SSSR count). The quantitative estimate of drug-likeness (QED) is 0.754. The molecular formula is C18H19BrN2O3S. The van der Waals surface area contributed by atoms with Crippen molar-refractivity contribution >= 4 is 43.2 Å². The van der Waals surface area contributed by atoms with Crippen LogP contribution in [0.3, 0.4) is 0 Å². The van der Waals surface area contributed by atoms with Gasteiger partial charge >= 0.3 is 0 Å². The van der Waals surface area contributed by atoms with E-state index >= 15 is 0 Å². The summed E-state index contributed by atoms with van der Waals surface area (Å²) in [6.07, 6.45) is 1.39. The van der Waals surface area contributed by atoms with Crippen LogP contribution in [0.1, 0.15) is 18.4 Å². The zero-order chi connectivity index (χ0) is 18.2. The van der Waals surface area contributed by atoms with Crippen LogP contribution in [0.15, 0.2) is 51.8 Å². The van der Waals surface area contributed by atoms with Gasteiger partial charge < -0.3 is 4.90 Å². The zero-order valence-electron chi connectivity index (χ0n) is 14.1. The van der Waals surface area contributed by atoms with Gasteiger partial charge in [0.25, 0.3) is 10.0 Å². The maximum absolute atomic E-state index is 12.9. The average Bonchev–Trinajstić information content (AvgIpc) is 3.03. The summed E-state index contributed by atoms with van der Waals surface area (Å²) in [5, 5.41) is 0. The number of aryl methyl sites for hydroxylation is 1. The molecule has 1 amide bonds. The van der Waals surface area contributed by atoms with Crippen molar-refractivity contribution in [2.24, 2.45) is 0 Å². The first-order chi connectivity index (χ1) is 11.8. The minimum atomic E-state index is -3.66. The molecule has 1 aliphatic rings. The number of sulfonamides is 1. The molecule has 1 aliphatic heterocycles. The van der Waals surface area contributed by atoms with Crippen LogP contribution < -0.4 is 9.21 Å². The normalized spacial score (nSPS) is 14.8. The van der Waals surface area contributed by atoms with Crippen molar-refractivity contribution < 1.29 is 13.2 Å². The monoisotopic (exact) mass is 422 g/mol. The van der Waals surface area contributed by atoms with Gasteiger partial charge in [-0.05, 0) is 61.4 Å². The molecule has 0 aliphatic carbocycles. The Bertz CT molecular complexity index is 910. The minimum absolute atomic E-state index is 0.0815. The van der Waals surface area contributed by atoms with Crippen molar-refractivity contribution in [2.45, 2.75) is 24.7 Å². The molecule has 0 unspecified atom stereocenters. The summed E-state index contributed by atoms with van der Waals surface area (Å²) in [6.45, 7) is 2.60. The van der Waals surface area contributed by atoms with Gasteiger partial charge in [-0.15, -0.1) is 0 Å². The van der Waals surface area contributed by atoms with Crippen molar-refractivity contribution in [1.82, 2.24) is 0 Å². The molecule has 1 heterocycles. The third kappa shape index (κ3) is 3.43. The lowest BCUT2D eigenvalue weighted by Gasteiger charge is -2.21. The number of carbonyl (C=O) groups excluding carboxylic acids is 1. The van der Waals surface area contributed by atoms with Crippen LogP contribution in [0, 0.1) is 6.92 Å². The van der Waals surface area contributed by atoms with Gasteiger partial charge in [0.05, 0.1) is 10.6 Å². The Kier molecular flexibility index (Phi) is 4.88. The predicted molar refractivity (Wildman–Crippen MR) is 102 cm³/mol. The van der Waals surface area contributed by atoms with E-state index < -0.39 is 10.0 Å². The summed E-state index contributed by atoms with van der Waals surface area (Å²) < 4.78 is 27.9. The number of benzene rings is 2. The molecule has 1 fully saturated rings. The molecule has 25 heavy (non-hydrogen) atoms. The number of rotatable bonds is 4. The van der Waals surface area contributed by atoms with Crippen molar-refractivity contribution in [3.8, 4) is 0 Å². The number of amides is 1. The summed E-state index contributed by atoms with van der Waals surface area (Å²) in [6, 6.07) is 11.9. The van der Waals surface area contributed by atoms with Crippen LogP contribution in [0.4, 0.5) is 11.4 Å². The van der Waals surface area contributed by atoms with Gasteiger partial charge in [0, 0.05) is 30.2 Å². The molecule has 0 aromatic heterocycles. The first-order valence-corrected chi connectivity index (χ1v) is 10.2. The molecule has 0 saturated carbocycles. The van der Waals surface area contributed by atoms with E-state index in [-0.39, 0.29) is 10.8 Å². The molecule has 0 spiro atoms. The van der Waals surface area contributed by atoms with E-state index in [1.165, 1.54) is 11.4 Å². The molecule has 0 N–H and O–H groups in total. The van der Waals surface area contributed by atoms with E-state index in [0.29, 0.717) is 18.7 Å². The average molecular weight is 423 g/mol. The molecule has 0 atom stereocenters. The molecule has 0 radical (unpaired) electrons. The van der Waals surface area contributed by atoms with Crippen LogP contribution in [0.2, 0.25) is 0 Å². The van der Waals surface area contributed by atoms with Crippen LogP contribution in [-0.4, -0.2) is 27.9 Å². The highest BCUT2D eigenvalue weighted by atomic mass is 79.9. The van der Waals surface area contributed by atoms with Crippen molar-refractivity contribution in [2.75, 3.05) is 22.8 Å². The Labute approximate surface area is 156 Å². The van der Waals surface area contributed by atoms with Gasteiger partial charge in [0.1, 0.15) is 0 Å². The molecule has 2 aromatic rings. The van der Waals surface area contributed by atoms with Crippen LogP contribution in [0.25, 0.3) is 0 Å². The Morgan fingerprint density at radius 1 is 1.12 bits per heavy atom. The number of hydrogen-bond donors (Lipinski definition) is 0. The lowest BCUT2D eigenvalue weighted by atomic mass is 10.2. The molecule has 1 saturated heterocycles. The van der Waals surface area contributed by atoms with Crippen LogP contribution in [0.5, 0.6) is 0 Å². The van der Waals surface area contributed by atoms with E-state index in [9.17, 15) is 13.2 Å². The Morgan fingerprint density at radius 2 is 1.80 bits per heavy atom. The van der Waals surface area contributed by atoms with Gasteiger partial charge in [0.2, 0.25) is 5.91 Å². The van der Waals surface area contributed by atoms with E-state index in [4.69, 9.17) is 0 Å². The third-order valence-corrected chi connectivity index (χ3v) is 7.07. The fourth-order valence-corrected chi connectivity index (χ4v) is 4.27. The SMILES string of the molecule is Cc1cc(N(C)S(=O)(=O)c2ccc(N3CCCC3=O)cc2)ccc1Br. The van der Waals surface area contributed by atoms with Crippen molar-refractivity contribution in [3.63, 3.8) is 0 Å². The summed E-state index contributed by atoms with van der Waals surface area (Å²) in [7, 11) is -2.12. The smallest absolute Gasteiger partial charge is 0.264 e. The fourth-order valence-electron chi connectivity index (χ4n) is 2.84. The molecule has 7 heteroatoms. The van der Waals surface area contributed by atoms with Gasteiger partial charge in [-0.1, -0.05) is 15.9 Å². The first kappa shape index (κ1) is 17.9. The van der Waals surface area contributed by atoms with Gasteiger partial charge in [-0.2, -0.15) is 0 Å². The number of nitrogens with zero attached hydrogens (tertiary/aromatic N) is 2. The zero-order valence-corrected chi connectivity index (χ0v) is 16.5. The van der Waals surface area contributed by atoms with E-state index in [1.54, 1.807) is 35.2 Å². The van der Waals surface area contributed by atoms with Gasteiger partial charge in [-0.25, -0.2) is 8.42 Å². The molecule has 0 bridgehead atoms. The van der Waals surface area contributed by atoms with Crippen LogP contribution >= 0.6 is 15.9 Å². The molecule has 5 nitrogen and oxygen atoms in total. The third-order valence-electron chi connectivity index (χ3n) is 4.39. The lowest BCUT2D eigenvalue weighted by Crippen LogP contribution is -2.27. The molecule has 2 aromatic carbocycles. The summed E-state index contributed by atoms with van der Waals surface area (Å²) in [5.41, 5.74) is 2.30. The Balaban J connectivity index is 1.88. The Hall–Kier alpha value is -1.86. The predicted octanol–water partition coefficient (Wildman–Crippen LogP) is 3.71. The number of anilines is 2. The van der Waals surface area contributed by atoms with Crippen molar-refractivity contribution in [3.05, 3.63) is 52.5 Å². The number of hydrogen-bond acceptors (Lipinski definition) is 3. The second kappa shape index (κ2) is 6.80. The molecular weight excluding hydrogens is 404 g/mol. The summed E-state index contributed by atoms with van der Waals surface area (Å²) >= 11 is 3.42. The number of carbonyl (C=O) groups is 1. The lowest BCUT2D eigenvalue weighted by molar-refractivity contribution is -0.117. The number of halogens is 1. The summed E-state index contributed by atoms with van der Waals surface area (Å²) in [4.78, 5) is 13.7. The first-order valence-electron chi connectivity index (χ1n) is 7.96. The van der Waals surface area contributed by atoms with Gasteiger partial charge in [-0.3, -0.25) is 9.10 Å². The minimum Gasteiger partial charge on any atom is -0.312 e. The maximum atomic E-state index is 12.9. The van der Waals surface area contributed by atoms with E-state index in [1.807, 2.05) is 19.1 Å². The highest BCUT2D eigenvalue weighted by Gasteiger charge is 2.24. The second-order valence-electron chi connectivity index (χ2n) is 6.05. The topological polar surface area (TPSA) is 57.7 Å².